The van der Waals surface area contributed by atoms with E-state index in [-0.39, 0.29) is 101 Å². The average molecular weight is 1330 g/mol. The molecule has 28 nitrogen and oxygen atoms in total. The number of rotatable bonds is 25. The predicted molar refractivity (Wildman–Crippen MR) is 326 cm³/mol. The smallest absolute Gasteiger partial charge is 0.508 e. The summed E-state index contributed by atoms with van der Waals surface area (Å²) in [6.07, 6.45) is 2.83. The number of fused-ring (bicyclic) bond motifs is 7. The first-order chi connectivity index (χ1) is 42.5. The molecule has 4 heterocycles. The van der Waals surface area contributed by atoms with Crippen LogP contribution in [0, 0.1) is 0 Å². The van der Waals surface area contributed by atoms with Gasteiger partial charge in [-0.15, -0.1) is 0 Å². The van der Waals surface area contributed by atoms with Crippen LogP contribution in [0.15, 0.2) is 83.9 Å². The summed E-state index contributed by atoms with van der Waals surface area (Å²) in [6, 6.07) is 21.5. The van der Waals surface area contributed by atoms with Crippen molar-refractivity contribution in [2.75, 3.05) is 136 Å². The number of aromatic hydroxyl groups is 1. The molecule has 4 fully saturated rings. The molecule has 4 aliphatic rings. The van der Waals surface area contributed by atoms with E-state index in [1.165, 1.54) is 12.1 Å². The molecule has 88 heavy (non-hydrogen) atoms. The number of benzene rings is 3. The number of likely N-dealkylation sites (tertiary alicyclic amines) is 1. The minimum Gasteiger partial charge on any atom is -0.508 e. The first kappa shape index (κ1) is 67.9. The molecule has 3 aromatic carbocycles. The normalized spacial score (nSPS) is 19.7. The van der Waals surface area contributed by atoms with Gasteiger partial charge in [0.1, 0.15) is 11.8 Å². The van der Waals surface area contributed by atoms with Crippen molar-refractivity contribution >= 4 is 87.9 Å². The molecule has 4 atom stereocenters. The van der Waals surface area contributed by atoms with Crippen LogP contribution in [0.25, 0.3) is 0 Å². The van der Waals surface area contributed by atoms with Crippen molar-refractivity contribution in [2.45, 2.75) is 70.0 Å². The molecule has 476 valence electrons. The van der Waals surface area contributed by atoms with E-state index < -0.39 is 70.5 Å². The van der Waals surface area contributed by atoms with Gasteiger partial charge < -0.3 is 42.7 Å². The molecule has 11 N–H and O–H groups in total. The molecule has 0 spiro atoms. The van der Waals surface area contributed by atoms with E-state index >= 15 is 0 Å². The van der Waals surface area contributed by atoms with E-state index in [0.717, 1.165) is 11.3 Å². The van der Waals surface area contributed by atoms with Gasteiger partial charge >= 0.3 is 203 Å². The van der Waals surface area contributed by atoms with Gasteiger partial charge in [-0.1, -0.05) is 61.5 Å². The summed E-state index contributed by atoms with van der Waals surface area (Å²) in [5.74, 6) is -3.82. The van der Waals surface area contributed by atoms with Crippen LogP contribution in [-0.2, 0) is 53.5 Å². The first-order valence-electron chi connectivity index (χ1n) is 30.2. The molecule has 4 aliphatic heterocycles. The molecule has 0 aromatic heterocycles. The van der Waals surface area contributed by atoms with Gasteiger partial charge in [-0.25, -0.2) is 4.79 Å². The topological polar surface area (TPSA) is 352 Å². The number of nitrogens with one attached hydrogen (secondary N) is 8. The SMILES string of the molecule is CCC(=O)NCCNC(=O)NC(N)=NCCC[C@@H](NC(=O)C(c1ccccc1)c1ccc(NCCCNC(=O)CN2CCC(NC(=O)CN3CCN4CCN5CCN(CC3)CC(=O)[O][In]([O]C(=O)C4)[O]C(=O)C5)CC2)cc1)C(=O)NCc1ccc(O)cc1. The van der Waals surface area contributed by atoms with E-state index in [1.807, 2.05) is 74.2 Å². The zero-order valence-electron chi connectivity index (χ0n) is 50.0. The average Bonchev–Trinajstić information content (AvgIpc) is 2.84. The van der Waals surface area contributed by atoms with Crippen LogP contribution < -0.4 is 48.3 Å². The fraction of sp³-hybridized carbons (Fsp3) is 0.525. The standard InChI is InChI=1S/C59H87N15O13.In/c1-2-49(76)63-24-25-65-59(87)69-58(60)64-21-6-10-48(56(85)66-36-42-11-17-47(75)18-12-42)68-57(86)55(43-8-4-3-5-9-43)44-13-15-45(16-14-44)61-22-7-23-62-50(77)37-70-26-19-46(20-27-70)67-51(78)38-71-28-30-72(39-52(79)80)32-34-74(41-54(83)84)35-33-73(31-29-71)40-53(81)82;/h3-5,8-9,11-18,46,48,55,61,75H,2,6-7,10,19-41H2,1H3,(H,62,77)(H,63,76)(H,66,85)(H,67,78)(H,68,86)(H,79,80)(H,81,82)(H,83,84)(H4,60,64,65,69,87);/q;+3/p-3/t48-,55?;/m1./s1. The summed E-state index contributed by atoms with van der Waals surface area (Å²) >= 11 is -4.23. The van der Waals surface area contributed by atoms with Crippen molar-refractivity contribution in [3.63, 3.8) is 0 Å². The Labute approximate surface area is 522 Å². The number of carbonyl (C=O) groups is 9. The Morgan fingerprint density at radius 3 is 1.80 bits per heavy atom. The Bertz CT molecular complexity index is 2800. The number of hydrogen-bond donors (Lipinski definition) is 10. The van der Waals surface area contributed by atoms with Gasteiger partial charge in [-0.3, -0.25) is 34.4 Å². The van der Waals surface area contributed by atoms with Gasteiger partial charge in [0.15, 0.2) is 5.96 Å². The Hall–Kier alpha value is -7.57. The number of piperidine rings is 1. The molecule has 3 aromatic rings. The van der Waals surface area contributed by atoms with Crippen molar-refractivity contribution in [1.29, 1.82) is 0 Å². The molecular formula is C59H84InN15O13. The monoisotopic (exact) mass is 1330 g/mol. The van der Waals surface area contributed by atoms with E-state index in [0.29, 0.717) is 122 Å². The molecule has 0 aliphatic carbocycles. The summed E-state index contributed by atoms with van der Waals surface area (Å²) in [5.41, 5.74) is 8.90. The summed E-state index contributed by atoms with van der Waals surface area (Å²) < 4.78 is 16.4. The van der Waals surface area contributed by atoms with Crippen molar-refractivity contribution in [3.8, 4) is 5.75 Å². The number of hydrogen-bond acceptors (Lipinski definition) is 20. The number of phenols is 1. The molecular weight excluding hydrogens is 1240 g/mol. The van der Waals surface area contributed by atoms with E-state index in [2.05, 4.69) is 52.4 Å². The van der Waals surface area contributed by atoms with Gasteiger partial charge in [0.05, 0.1) is 12.5 Å². The maximum absolute atomic E-state index is 14.4. The minimum atomic E-state index is -4.23. The van der Waals surface area contributed by atoms with Crippen LogP contribution in [0.4, 0.5) is 10.5 Å². The van der Waals surface area contributed by atoms with Crippen molar-refractivity contribution in [2.24, 2.45) is 10.7 Å². The Kier molecular flexibility index (Phi) is 27.8. The third-order valence-electron chi connectivity index (χ3n) is 15.3. The summed E-state index contributed by atoms with van der Waals surface area (Å²) in [7, 11) is 0. The number of nitrogens with two attached hydrogens (primary N) is 1. The van der Waals surface area contributed by atoms with Crippen LogP contribution in [-0.4, -0.2) is 255 Å². The summed E-state index contributed by atoms with van der Waals surface area (Å²) in [6.45, 7) is 8.86. The fourth-order valence-corrected chi connectivity index (χ4v) is 13.3. The van der Waals surface area contributed by atoms with E-state index in [1.54, 1.807) is 19.1 Å². The maximum atomic E-state index is 14.4. The van der Waals surface area contributed by atoms with Crippen molar-refractivity contribution < 1.29 is 56.8 Å². The third kappa shape index (κ3) is 24.2. The van der Waals surface area contributed by atoms with E-state index in [9.17, 15) is 48.3 Å². The molecule has 29 heteroatoms. The van der Waals surface area contributed by atoms with Gasteiger partial charge in [0, 0.05) is 64.5 Å². The van der Waals surface area contributed by atoms with Crippen molar-refractivity contribution in [1.82, 2.24) is 61.7 Å². The molecule has 0 saturated carbocycles. The van der Waals surface area contributed by atoms with Gasteiger partial charge in [0.2, 0.25) is 23.6 Å². The fourth-order valence-electron chi connectivity index (χ4n) is 10.4. The predicted octanol–water partition coefficient (Wildman–Crippen LogP) is -1.39. The summed E-state index contributed by atoms with van der Waals surface area (Å²) in [4.78, 5) is 131. The van der Waals surface area contributed by atoms with Gasteiger partial charge in [0.25, 0.3) is 0 Å². The van der Waals surface area contributed by atoms with Crippen LogP contribution in [0.3, 0.4) is 0 Å². The van der Waals surface area contributed by atoms with Gasteiger partial charge in [-0.2, -0.15) is 0 Å². The number of carbonyl (C=O) groups excluding carboxylic acids is 9. The van der Waals surface area contributed by atoms with Crippen LogP contribution in [0.1, 0.15) is 68.1 Å². The Morgan fingerprint density at radius 2 is 1.18 bits per heavy atom. The number of phenolic OH excluding ortho intramolecular Hbond substituents is 1. The van der Waals surface area contributed by atoms with Gasteiger partial charge in [-0.05, 0) is 60.2 Å². The third-order valence-corrected chi connectivity index (χ3v) is 19.2. The molecule has 4 bridgehead atoms. The second-order valence-corrected chi connectivity index (χ2v) is 25.7. The van der Waals surface area contributed by atoms with Crippen LogP contribution in [0.5, 0.6) is 5.75 Å². The van der Waals surface area contributed by atoms with E-state index in [4.69, 9.17) is 14.3 Å². The zero-order valence-corrected chi connectivity index (χ0v) is 53.3. The number of urea groups is 1. The van der Waals surface area contributed by atoms with Crippen molar-refractivity contribution in [3.05, 3.63) is 95.6 Å². The summed E-state index contributed by atoms with van der Waals surface area (Å²) in [5, 5.41) is 32.9. The number of amides is 7. The van der Waals surface area contributed by atoms with Crippen LogP contribution in [0.2, 0.25) is 0 Å². The number of aliphatic imine (C=N–C) groups is 1. The number of guanidine groups is 1. The second kappa shape index (κ2) is 36.0. The number of anilines is 1. The molecule has 0 radical (unpaired) electrons. The first-order valence-corrected chi connectivity index (χ1v) is 34.2. The molecule has 3 unspecified atom stereocenters. The Balaban J connectivity index is 0.835. The Morgan fingerprint density at radius 1 is 0.625 bits per heavy atom. The zero-order chi connectivity index (χ0) is 62.6. The molecule has 7 rings (SSSR count). The van der Waals surface area contributed by atoms with Crippen LogP contribution >= 0.6 is 0 Å². The number of nitrogens with zero attached hydrogens (tertiary/aromatic N) is 6. The quantitative estimate of drug-likeness (QED) is 0.0265. The molecule has 4 saturated heterocycles. The molecule has 7 amide bonds. The second-order valence-electron chi connectivity index (χ2n) is 22.0. The minimum absolute atomic E-state index is 0.00357.